The molecule has 0 bridgehead atoms. The van der Waals surface area contributed by atoms with Crippen molar-refractivity contribution in [3.05, 3.63) is 0 Å². The van der Waals surface area contributed by atoms with Crippen LogP contribution < -0.4 is 0 Å². The van der Waals surface area contributed by atoms with Gasteiger partial charge >= 0.3 is 12.1 Å². The van der Waals surface area contributed by atoms with Crippen molar-refractivity contribution in [1.82, 2.24) is 9.80 Å². The third-order valence-corrected chi connectivity index (χ3v) is 4.10. The topological polar surface area (TPSA) is 70.1 Å². The summed E-state index contributed by atoms with van der Waals surface area (Å²) >= 11 is 0. The minimum Gasteiger partial charge on any atom is -0.480 e. The Hall–Kier alpha value is -1.44. The number of alkyl halides is 2. The minimum absolute atomic E-state index is 0.00730. The summed E-state index contributed by atoms with van der Waals surface area (Å²) in [4.78, 5) is 26.6. The molecule has 0 aromatic heterocycles. The van der Waals surface area contributed by atoms with E-state index in [0.29, 0.717) is 19.6 Å². The molecule has 1 saturated carbocycles. The summed E-state index contributed by atoms with van der Waals surface area (Å²) in [6.07, 6.45) is -0.921. The number of amides is 1. The maximum absolute atomic E-state index is 12.9. The van der Waals surface area contributed by atoms with Gasteiger partial charge in [-0.15, -0.1) is 0 Å². The Morgan fingerprint density at radius 1 is 1.26 bits per heavy atom. The summed E-state index contributed by atoms with van der Waals surface area (Å²) in [6.45, 7) is 6.24. The van der Waals surface area contributed by atoms with Gasteiger partial charge in [-0.2, -0.15) is 0 Å². The molecule has 2 rings (SSSR count). The van der Waals surface area contributed by atoms with Crippen molar-refractivity contribution in [2.24, 2.45) is 5.92 Å². The number of carboxylic acid groups (broad SMARTS) is 1. The number of carbonyl (C=O) groups is 2. The highest BCUT2D eigenvalue weighted by Crippen LogP contribution is 2.42. The van der Waals surface area contributed by atoms with Crippen LogP contribution >= 0.6 is 0 Å². The zero-order valence-corrected chi connectivity index (χ0v) is 13.7. The number of halogens is 2. The van der Waals surface area contributed by atoms with Crippen LogP contribution in [0.25, 0.3) is 0 Å². The molecule has 0 radical (unpaired) electrons. The lowest BCUT2D eigenvalue weighted by atomic mass is 9.80. The molecule has 0 spiro atoms. The second kappa shape index (κ2) is 6.22. The van der Waals surface area contributed by atoms with E-state index in [9.17, 15) is 23.5 Å². The van der Waals surface area contributed by atoms with E-state index in [4.69, 9.17) is 4.74 Å². The Morgan fingerprint density at radius 3 is 2.35 bits per heavy atom. The van der Waals surface area contributed by atoms with Gasteiger partial charge in [0.25, 0.3) is 0 Å². The van der Waals surface area contributed by atoms with Crippen LogP contribution in [0.5, 0.6) is 0 Å². The normalized spacial score (nSPS) is 25.8. The number of carbonyl (C=O) groups excluding carboxylic acids is 1. The first kappa shape index (κ1) is 17.9. The minimum atomic E-state index is -2.61. The summed E-state index contributed by atoms with van der Waals surface area (Å²) in [7, 11) is 0. The Bertz CT molecular complexity index is 471. The van der Waals surface area contributed by atoms with Crippen LogP contribution in [0.15, 0.2) is 0 Å². The summed E-state index contributed by atoms with van der Waals surface area (Å²) in [5, 5.41) is 9.38. The Kier molecular flexibility index (Phi) is 4.84. The number of carboxylic acids is 1. The number of rotatable bonds is 3. The van der Waals surface area contributed by atoms with E-state index >= 15 is 0 Å². The van der Waals surface area contributed by atoms with Crippen molar-refractivity contribution >= 4 is 12.1 Å². The Morgan fingerprint density at radius 2 is 1.87 bits per heavy atom. The van der Waals surface area contributed by atoms with Gasteiger partial charge in [-0.1, -0.05) is 0 Å². The average Bonchev–Trinajstić information content (AvgIpc) is 2.34. The lowest BCUT2D eigenvalue weighted by Gasteiger charge is -2.44. The van der Waals surface area contributed by atoms with Crippen molar-refractivity contribution < 1.29 is 28.2 Å². The van der Waals surface area contributed by atoms with Gasteiger partial charge in [0, 0.05) is 32.5 Å². The van der Waals surface area contributed by atoms with Gasteiger partial charge in [0.15, 0.2) is 0 Å². The van der Waals surface area contributed by atoms with Crippen molar-refractivity contribution in [3.8, 4) is 0 Å². The van der Waals surface area contributed by atoms with Crippen LogP contribution in [0.3, 0.4) is 0 Å². The maximum Gasteiger partial charge on any atom is 0.410 e. The molecule has 1 aliphatic heterocycles. The Balaban J connectivity index is 1.93. The highest BCUT2D eigenvalue weighted by Gasteiger charge is 2.47. The molecule has 1 aliphatic carbocycles. The van der Waals surface area contributed by atoms with Crippen molar-refractivity contribution in [2.75, 3.05) is 26.2 Å². The van der Waals surface area contributed by atoms with Gasteiger partial charge in [-0.05, 0) is 26.7 Å². The molecular formula is C15H24F2N2O4. The first-order valence-corrected chi connectivity index (χ1v) is 7.79. The van der Waals surface area contributed by atoms with Gasteiger partial charge < -0.3 is 14.7 Å². The average molecular weight is 334 g/mol. The second-order valence-corrected chi connectivity index (χ2v) is 7.41. The molecule has 23 heavy (non-hydrogen) atoms. The van der Waals surface area contributed by atoms with E-state index in [0.717, 1.165) is 0 Å². The Labute approximate surface area is 134 Å². The van der Waals surface area contributed by atoms with Crippen LogP contribution in [-0.2, 0) is 9.53 Å². The van der Waals surface area contributed by atoms with Crippen molar-refractivity contribution in [2.45, 2.75) is 51.2 Å². The smallest absolute Gasteiger partial charge is 0.410 e. The summed E-state index contributed by atoms with van der Waals surface area (Å²) in [6, 6.07) is -0.884. The van der Waals surface area contributed by atoms with E-state index < -0.39 is 29.6 Å². The lowest BCUT2D eigenvalue weighted by molar-refractivity contribution is -0.149. The fourth-order valence-corrected chi connectivity index (χ4v) is 3.01. The van der Waals surface area contributed by atoms with E-state index in [-0.39, 0.29) is 25.3 Å². The van der Waals surface area contributed by atoms with Gasteiger partial charge in [0.05, 0.1) is 6.54 Å². The van der Waals surface area contributed by atoms with Crippen LogP contribution in [0.1, 0.15) is 33.6 Å². The highest BCUT2D eigenvalue weighted by atomic mass is 19.3. The van der Waals surface area contributed by atoms with E-state index in [2.05, 4.69) is 0 Å². The number of ether oxygens (including phenoxy) is 1. The predicted octanol–water partition coefficient (Wildman–Crippen LogP) is 2.04. The largest absolute Gasteiger partial charge is 0.480 e. The quantitative estimate of drug-likeness (QED) is 0.855. The van der Waals surface area contributed by atoms with Crippen molar-refractivity contribution in [3.63, 3.8) is 0 Å². The van der Waals surface area contributed by atoms with Crippen LogP contribution in [-0.4, -0.2) is 70.7 Å². The molecule has 1 amide bonds. The molecule has 1 N–H and O–H groups in total. The van der Waals surface area contributed by atoms with Gasteiger partial charge in [0.1, 0.15) is 11.6 Å². The number of nitrogens with zero attached hydrogens (tertiary/aromatic N) is 2. The van der Waals surface area contributed by atoms with Gasteiger partial charge in [-0.3, -0.25) is 9.69 Å². The molecule has 6 nitrogen and oxygen atoms in total. The molecule has 0 unspecified atom stereocenters. The summed E-state index contributed by atoms with van der Waals surface area (Å²) < 4.78 is 31.1. The van der Waals surface area contributed by atoms with Crippen LogP contribution in [0, 0.1) is 5.92 Å². The molecular weight excluding hydrogens is 310 g/mol. The molecule has 1 heterocycles. The van der Waals surface area contributed by atoms with E-state index in [1.54, 1.807) is 25.7 Å². The number of hydrogen-bond acceptors (Lipinski definition) is 4. The fraction of sp³-hybridized carbons (Fsp3) is 0.867. The third-order valence-electron chi connectivity index (χ3n) is 4.10. The fourth-order valence-electron chi connectivity index (χ4n) is 3.01. The molecule has 2 fully saturated rings. The maximum atomic E-state index is 12.9. The summed E-state index contributed by atoms with van der Waals surface area (Å²) in [5.41, 5.74) is -0.648. The standard InChI is InChI=1S/C15H24F2N2O4/c1-14(2,3)23-13(22)19-5-4-18(11(9-19)12(20)21)8-10-6-15(16,17)7-10/h10-11H,4-9H2,1-3H3,(H,20,21)/t11-/m0/s1. The summed E-state index contributed by atoms with van der Waals surface area (Å²) in [5.74, 6) is -3.84. The second-order valence-electron chi connectivity index (χ2n) is 7.41. The van der Waals surface area contributed by atoms with Gasteiger partial charge in [-0.25, -0.2) is 13.6 Å². The zero-order chi connectivity index (χ0) is 17.4. The SMILES string of the molecule is CC(C)(C)OC(=O)N1CCN(CC2CC(F)(F)C2)[C@H](C(=O)O)C1. The first-order valence-electron chi connectivity index (χ1n) is 7.79. The monoisotopic (exact) mass is 334 g/mol. The number of aliphatic carboxylic acids is 1. The molecule has 8 heteroatoms. The molecule has 1 saturated heterocycles. The third kappa shape index (κ3) is 4.76. The zero-order valence-electron chi connectivity index (χ0n) is 13.7. The first-order chi connectivity index (χ1) is 10.5. The van der Waals surface area contributed by atoms with Crippen LogP contribution in [0.4, 0.5) is 13.6 Å². The van der Waals surface area contributed by atoms with Crippen LogP contribution in [0.2, 0.25) is 0 Å². The lowest BCUT2D eigenvalue weighted by Crippen LogP contribution is -2.60. The predicted molar refractivity (Wildman–Crippen MR) is 78.5 cm³/mol. The molecule has 0 aromatic carbocycles. The molecule has 1 atom stereocenters. The molecule has 132 valence electrons. The highest BCUT2D eigenvalue weighted by molar-refractivity contribution is 5.76. The molecule has 2 aliphatic rings. The van der Waals surface area contributed by atoms with Crippen molar-refractivity contribution in [1.29, 1.82) is 0 Å². The van der Waals surface area contributed by atoms with E-state index in [1.165, 1.54) is 4.90 Å². The number of hydrogen-bond donors (Lipinski definition) is 1. The number of piperazine rings is 1. The van der Waals surface area contributed by atoms with Gasteiger partial charge in [0.2, 0.25) is 5.92 Å². The molecule has 0 aromatic rings. The van der Waals surface area contributed by atoms with E-state index in [1.807, 2.05) is 0 Å².